The molecular weight excluding hydrogens is 336 g/mol. The van der Waals surface area contributed by atoms with Crippen LogP contribution >= 0.6 is 0 Å². The van der Waals surface area contributed by atoms with E-state index in [2.05, 4.69) is 51.4 Å². The van der Waals surface area contributed by atoms with Gasteiger partial charge >= 0.3 is 5.97 Å². The maximum Gasteiger partial charge on any atom is 0.312 e. The second kappa shape index (κ2) is 7.44. The highest BCUT2D eigenvalue weighted by molar-refractivity contribution is 6.70. The van der Waals surface area contributed by atoms with Gasteiger partial charge in [-0.15, -0.1) is 0 Å². The number of carbonyl (C=O) groups is 1. The van der Waals surface area contributed by atoms with Crippen LogP contribution in [0.25, 0.3) is 0 Å². The molecule has 1 aliphatic heterocycles. The third-order valence-corrected chi connectivity index (χ3v) is 6.89. The average Bonchev–Trinajstić information content (AvgIpc) is 2.77. The Hall–Kier alpha value is -0.436. The molecule has 0 N–H and O–H groups in total. The SMILES string of the molecule is C[Si](C)(C)OCCC[C@]12C[C@@H](CO[Si](C)(C)C)C=C[C@H]1COC2=O. The topological polar surface area (TPSA) is 44.8 Å². The van der Waals surface area contributed by atoms with E-state index in [0.717, 1.165) is 32.5 Å². The van der Waals surface area contributed by atoms with Crippen LogP contribution < -0.4 is 0 Å². The van der Waals surface area contributed by atoms with Crippen LogP contribution in [0.15, 0.2) is 12.2 Å². The van der Waals surface area contributed by atoms with Crippen LogP contribution in [0.2, 0.25) is 39.3 Å². The molecule has 24 heavy (non-hydrogen) atoms. The molecule has 6 heteroatoms. The van der Waals surface area contributed by atoms with E-state index in [1.165, 1.54) is 0 Å². The Kier molecular flexibility index (Phi) is 6.16. The molecule has 138 valence electrons. The summed E-state index contributed by atoms with van der Waals surface area (Å²) in [6.07, 6.45) is 7.07. The summed E-state index contributed by atoms with van der Waals surface area (Å²) in [6, 6.07) is 0. The van der Waals surface area contributed by atoms with Gasteiger partial charge in [0.15, 0.2) is 16.6 Å². The van der Waals surface area contributed by atoms with Crippen molar-refractivity contribution in [3.05, 3.63) is 12.2 Å². The van der Waals surface area contributed by atoms with Crippen molar-refractivity contribution in [2.75, 3.05) is 19.8 Å². The van der Waals surface area contributed by atoms with Crippen molar-refractivity contribution in [1.29, 1.82) is 0 Å². The molecule has 1 saturated heterocycles. The van der Waals surface area contributed by atoms with Crippen LogP contribution in [0.3, 0.4) is 0 Å². The lowest BCUT2D eigenvalue weighted by Crippen LogP contribution is -2.39. The molecule has 0 amide bonds. The van der Waals surface area contributed by atoms with Gasteiger partial charge in [-0.05, 0) is 58.5 Å². The summed E-state index contributed by atoms with van der Waals surface area (Å²) in [5.74, 6) is 0.527. The molecule has 2 aliphatic rings. The maximum atomic E-state index is 12.5. The first kappa shape index (κ1) is 19.9. The first-order valence-electron chi connectivity index (χ1n) is 9.15. The summed E-state index contributed by atoms with van der Waals surface area (Å²) in [5, 5.41) is 0. The van der Waals surface area contributed by atoms with Crippen LogP contribution in [-0.2, 0) is 18.4 Å². The maximum absolute atomic E-state index is 12.5. The van der Waals surface area contributed by atoms with Crippen molar-refractivity contribution in [3.8, 4) is 0 Å². The molecular formula is C18H34O4Si2. The molecule has 3 atom stereocenters. The second-order valence-electron chi connectivity index (χ2n) is 9.20. The van der Waals surface area contributed by atoms with E-state index in [1.54, 1.807) is 0 Å². The Morgan fingerprint density at radius 1 is 1.12 bits per heavy atom. The summed E-state index contributed by atoms with van der Waals surface area (Å²) in [7, 11) is -3.02. The van der Waals surface area contributed by atoms with Gasteiger partial charge in [0.25, 0.3) is 0 Å². The van der Waals surface area contributed by atoms with Crippen molar-refractivity contribution < 1.29 is 18.4 Å². The predicted octanol–water partition coefficient (Wildman–Crippen LogP) is 4.21. The lowest BCUT2D eigenvalue weighted by Gasteiger charge is -2.36. The largest absolute Gasteiger partial charge is 0.465 e. The molecule has 0 aromatic rings. The van der Waals surface area contributed by atoms with Gasteiger partial charge in [0, 0.05) is 25.0 Å². The number of carbonyl (C=O) groups excluding carboxylic acids is 1. The standard InChI is InChI=1S/C18H34O4Si2/c1-23(2,3)21-11-7-10-18-12-15(13-22-24(4,5)6)8-9-16(18)14-20-17(18)19/h8-9,15-16H,7,10-14H2,1-6H3/t15-,16-,18-/m0/s1. The molecule has 0 saturated carbocycles. The van der Waals surface area contributed by atoms with E-state index < -0.39 is 16.6 Å². The van der Waals surface area contributed by atoms with E-state index in [1.807, 2.05) is 0 Å². The quantitative estimate of drug-likeness (QED) is 0.278. The zero-order valence-electron chi connectivity index (χ0n) is 16.2. The first-order valence-corrected chi connectivity index (χ1v) is 16.0. The normalized spacial score (nSPS) is 30.3. The zero-order chi connectivity index (χ0) is 18.0. The summed E-state index contributed by atoms with van der Waals surface area (Å²) < 4.78 is 17.5. The van der Waals surface area contributed by atoms with Crippen LogP contribution in [0.4, 0.5) is 0 Å². The van der Waals surface area contributed by atoms with E-state index in [4.69, 9.17) is 13.6 Å². The van der Waals surface area contributed by atoms with Gasteiger partial charge in [0.2, 0.25) is 0 Å². The predicted molar refractivity (Wildman–Crippen MR) is 102 cm³/mol. The summed E-state index contributed by atoms with van der Waals surface area (Å²) in [4.78, 5) is 12.5. The van der Waals surface area contributed by atoms with Crippen molar-refractivity contribution in [1.82, 2.24) is 0 Å². The number of esters is 1. The molecule has 0 aromatic heterocycles. The van der Waals surface area contributed by atoms with Crippen LogP contribution in [0.1, 0.15) is 19.3 Å². The van der Waals surface area contributed by atoms with Gasteiger partial charge < -0.3 is 13.6 Å². The molecule has 4 nitrogen and oxygen atoms in total. The summed E-state index contributed by atoms with van der Waals surface area (Å²) >= 11 is 0. The number of cyclic esters (lactones) is 1. The molecule has 1 aliphatic carbocycles. The van der Waals surface area contributed by atoms with Crippen molar-refractivity contribution in [2.45, 2.75) is 58.5 Å². The van der Waals surface area contributed by atoms with Crippen LogP contribution in [0, 0.1) is 17.3 Å². The third kappa shape index (κ3) is 5.28. The summed E-state index contributed by atoms with van der Waals surface area (Å²) in [6.45, 7) is 15.2. The Morgan fingerprint density at radius 3 is 2.42 bits per heavy atom. The van der Waals surface area contributed by atoms with Gasteiger partial charge in [0.1, 0.15) is 0 Å². The highest BCUT2D eigenvalue weighted by Gasteiger charge is 2.53. The minimum atomic E-state index is -1.53. The van der Waals surface area contributed by atoms with E-state index in [9.17, 15) is 4.79 Å². The Balaban J connectivity index is 1.98. The highest BCUT2D eigenvalue weighted by atomic mass is 28.4. The fourth-order valence-electron chi connectivity index (χ4n) is 3.55. The average molecular weight is 371 g/mol. The third-order valence-electron chi connectivity index (χ3n) is 4.79. The zero-order valence-corrected chi connectivity index (χ0v) is 18.2. The molecule has 1 fully saturated rings. The molecule has 1 heterocycles. The molecule has 0 aromatic carbocycles. The second-order valence-corrected chi connectivity index (χ2v) is 18.2. The smallest absolute Gasteiger partial charge is 0.312 e. The molecule has 0 spiro atoms. The monoisotopic (exact) mass is 370 g/mol. The lowest BCUT2D eigenvalue weighted by molar-refractivity contribution is -0.148. The number of rotatable bonds is 8. The number of ether oxygens (including phenoxy) is 1. The fourth-order valence-corrected chi connectivity index (χ4v) is 5.02. The van der Waals surface area contributed by atoms with Gasteiger partial charge in [-0.2, -0.15) is 0 Å². The van der Waals surface area contributed by atoms with Crippen LogP contribution in [-0.4, -0.2) is 42.4 Å². The number of hydrogen-bond donors (Lipinski definition) is 0. The van der Waals surface area contributed by atoms with E-state index in [-0.39, 0.29) is 17.3 Å². The van der Waals surface area contributed by atoms with E-state index in [0.29, 0.717) is 12.5 Å². The Morgan fingerprint density at radius 2 is 1.79 bits per heavy atom. The van der Waals surface area contributed by atoms with Crippen molar-refractivity contribution in [2.24, 2.45) is 17.3 Å². The minimum Gasteiger partial charge on any atom is -0.465 e. The number of fused-ring (bicyclic) bond motifs is 1. The Bertz CT molecular complexity index is 478. The molecule has 0 radical (unpaired) electrons. The highest BCUT2D eigenvalue weighted by Crippen LogP contribution is 2.48. The summed E-state index contributed by atoms with van der Waals surface area (Å²) in [5.41, 5.74) is -0.356. The molecule has 0 unspecified atom stereocenters. The van der Waals surface area contributed by atoms with Crippen molar-refractivity contribution in [3.63, 3.8) is 0 Å². The first-order chi connectivity index (χ1) is 11.0. The van der Waals surface area contributed by atoms with Gasteiger partial charge in [-0.1, -0.05) is 12.2 Å². The number of hydrogen-bond acceptors (Lipinski definition) is 4. The van der Waals surface area contributed by atoms with Crippen molar-refractivity contribution >= 4 is 22.6 Å². The van der Waals surface area contributed by atoms with E-state index >= 15 is 0 Å². The Labute approximate surface area is 149 Å². The van der Waals surface area contributed by atoms with Gasteiger partial charge in [-0.3, -0.25) is 4.79 Å². The minimum absolute atomic E-state index is 0.0112. The van der Waals surface area contributed by atoms with Gasteiger partial charge in [0.05, 0.1) is 12.0 Å². The lowest BCUT2D eigenvalue weighted by atomic mass is 9.65. The molecule has 0 bridgehead atoms. The van der Waals surface area contributed by atoms with Crippen LogP contribution in [0.5, 0.6) is 0 Å². The fraction of sp³-hybridized carbons (Fsp3) is 0.833. The molecule has 2 rings (SSSR count). The van der Waals surface area contributed by atoms with Gasteiger partial charge in [-0.25, -0.2) is 0 Å².